The van der Waals surface area contributed by atoms with Crippen molar-refractivity contribution in [2.75, 3.05) is 13.1 Å². The normalized spacial score (nSPS) is 10.4. The third-order valence-corrected chi connectivity index (χ3v) is 4.09. The fourth-order valence-corrected chi connectivity index (χ4v) is 2.92. The molecule has 2 aromatic rings. The monoisotopic (exact) mass is 318 g/mol. The van der Waals surface area contributed by atoms with Crippen LogP contribution in [0.5, 0.6) is 0 Å². The number of nitrogens with zero attached hydrogens (tertiary/aromatic N) is 2. The Morgan fingerprint density at radius 3 is 2.64 bits per heavy atom. The van der Waals surface area contributed by atoms with Gasteiger partial charge in [-0.1, -0.05) is 30.3 Å². The highest BCUT2D eigenvalue weighted by molar-refractivity contribution is 7.09. The number of likely N-dealkylation sites (N-methyl/N-ethyl adjacent to an activating group) is 1. The molecule has 1 aromatic carbocycles. The van der Waals surface area contributed by atoms with Crippen molar-refractivity contribution in [2.24, 2.45) is 0 Å². The van der Waals surface area contributed by atoms with Crippen LogP contribution in [0, 0.1) is 0 Å². The number of carboxylic acid groups (broad SMARTS) is 1. The van der Waals surface area contributed by atoms with E-state index in [4.69, 9.17) is 5.11 Å². The van der Waals surface area contributed by atoms with E-state index in [9.17, 15) is 9.59 Å². The zero-order chi connectivity index (χ0) is 15.9. The number of thiazole rings is 1. The van der Waals surface area contributed by atoms with Crippen molar-refractivity contribution < 1.29 is 14.7 Å². The van der Waals surface area contributed by atoms with Crippen LogP contribution in [0.1, 0.15) is 23.2 Å². The lowest BCUT2D eigenvalue weighted by Gasteiger charge is -2.17. The first-order valence-corrected chi connectivity index (χ1v) is 7.93. The first-order chi connectivity index (χ1) is 10.6. The highest BCUT2D eigenvalue weighted by Crippen LogP contribution is 2.15. The van der Waals surface area contributed by atoms with Crippen LogP contribution in [0.2, 0.25) is 0 Å². The second-order valence-corrected chi connectivity index (χ2v) is 5.82. The Bertz CT molecular complexity index is 640. The molecule has 0 aliphatic carbocycles. The lowest BCUT2D eigenvalue weighted by molar-refractivity contribution is -0.144. The third kappa shape index (κ3) is 4.66. The maximum Gasteiger partial charge on any atom is 0.323 e. The number of rotatable bonds is 7. The molecule has 0 bridgehead atoms. The number of carbonyl (C=O) groups is 2. The van der Waals surface area contributed by atoms with Gasteiger partial charge in [-0.15, -0.1) is 11.3 Å². The molecule has 0 saturated carbocycles. The molecule has 0 radical (unpaired) electrons. The van der Waals surface area contributed by atoms with Crippen molar-refractivity contribution in [3.05, 3.63) is 52.0 Å². The van der Waals surface area contributed by atoms with Crippen LogP contribution < -0.4 is 0 Å². The van der Waals surface area contributed by atoms with Crippen LogP contribution in [0.15, 0.2) is 35.7 Å². The van der Waals surface area contributed by atoms with E-state index in [-0.39, 0.29) is 18.9 Å². The number of carboxylic acids is 1. The van der Waals surface area contributed by atoms with Crippen molar-refractivity contribution >= 4 is 23.2 Å². The minimum Gasteiger partial charge on any atom is -0.480 e. The quantitative estimate of drug-likeness (QED) is 0.849. The van der Waals surface area contributed by atoms with Crippen LogP contribution in [0.3, 0.4) is 0 Å². The maximum atomic E-state index is 12.1. The Morgan fingerprint density at radius 1 is 1.27 bits per heavy atom. The van der Waals surface area contributed by atoms with Crippen molar-refractivity contribution in [3.8, 4) is 0 Å². The van der Waals surface area contributed by atoms with Gasteiger partial charge in [-0.25, -0.2) is 4.98 Å². The molecule has 1 aromatic heterocycles. The lowest BCUT2D eigenvalue weighted by Crippen LogP contribution is -2.36. The zero-order valence-electron chi connectivity index (χ0n) is 12.4. The Kier molecular flexibility index (Phi) is 5.66. The molecule has 1 N–H and O–H groups in total. The number of benzene rings is 1. The molecule has 0 saturated heterocycles. The van der Waals surface area contributed by atoms with Gasteiger partial charge in [0.1, 0.15) is 6.54 Å². The van der Waals surface area contributed by atoms with Crippen molar-refractivity contribution in [3.63, 3.8) is 0 Å². The molecule has 22 heavy (non-hydrogen) atoms. The second-order valence-electron chi connectivity index (χ2n) is 4.87. The van der Waals surface area contributed by atoms with E-state index in [1.807, 2.05) is 35.7 Å². The van der Waals surface area contributed by atoms with Crippen molar-refractivity contribution in [1.82, 2.24) is 9.88 Å². The highest BCUT2D eigenvalue weighted by Gasteiger charge is 2.16. The lowest BCUT2D eigenvalue weighted by atomic mass is 10.2. The molecule has 0 aliphatic rings. The molecule has 116 valence electrons. The number of hydrogen-bond acceptors (Lipinski definition) is 4. The fraction of sp³-hybridized carbons (Fsp3) is 0.312. The Balaban J connectivity index is 1.96. The summed E-state index contributed by atoms with van der Waals surface area (Å²) in [7, 11) is 0. The van der Waals surface area contributed by atoms with Crippen LogP contribution in [0.4, 0.5) is 0 Å². The van der Waals surface area contributed by atoms with Crippen LogP contribution in [-0.2, 0) is 22.4 Å². The van der Waals surface area contributed by atoms with Gasteiger partial charge in [0, 0.05) is 18.3 Å². The first-order valence-electron chi connectivity index (χ1n) is 7.05. The standard InChI is InChI=1S/C16H18N2O3S/c1-2-18(10-16(20)21)15(19)9-13-11-22-14(17-13)8-12-6-4-3-5-7-12/h3-7,11H,2,8-10H2,1H3,(H,20,21). The van der Waals surface area contributed by atoms with E-state index in [0.29, 0.717) is 12.2 Å². The van der Waals surface area contributed by atoms with Gasteiger partial charge in [0.05, 0.1) is 17.1 Å². The van der Waals surface area contributed by atoms with Gasteiger partial charge < -0.3 is 10.0 Å². The Hall–Kier alpha value is -2.21. The summed E-state index contributed by atoms with van der Waals surface area (Å²) in [6.07, 6.45) is 0.888. The van der Waals surface area contributed by atoms with Crippen molar-refractivity contribution in [2.45, 2.75) is 19.8 Å². The molecule has 1 heterocycles. The summed E-state index contributed by atoms with van der Waals surface area (Å²) >= 11 is 1.52. The Labute approximate surface area is 133 Å². The summed E-state index contributed by atoms with van der Waals surface area (Å²) in [6.45, 7) is 1.88. The molecule has 0 fully saturated rings. The maximum absolute atomic E-state index is 12.1. The SMILES string of the molecule is CCN(CC(=O)O)C(=O)Cc1csc(Cc2ccccc2)n1. The summed E-state index contributed by atoms with van der Waals surface area (Å²) in [4.78, 5) is 28.6. The van der Waals surface area contributed by atoms with Gasteiger partial charge in [0.2, 0.25) is 5.91 Å². The molecule has 6 heteroatoms. The smallest absolute Gasteiger partial charge is 0.323 e. The van der Waals surface area contributed by atoms with Gasteiger partial charge in [-0.3, -0.25) is 9.59 Å². The van der Waals surface area contributed by atoms with Crippen LogP contribution >= 0.6 is 11.3 Å². The van der Waals surface area contributed by atoms with Gasteiger partial charge in [-0.05, 0) is 12.5 Å². The van der Waals surface area contributed by atoms with E-state index in [1.165, 1.54) is 21.8 Å². The van der Waals surface area contributed by atoms with E-state index in [2.05, 4.69) is 4.98 Å². The average Bonchev–Trinajstić information content (AvgIpc) is 2.92. The topological polar surface area (TPSA) is 70.5 Å². The molecular formula is C16H18N2O3S. The minimum atomic E-state index is -1.00. The zero-order valence-corrected chi connectivity index (χ0v) is 13.2. The van der Waals surface area contributed by atoms with E-state index < -0.39 is 5.97 Å². The second kappa shape index (κ2) is 7.70. The number of amides is 1. The molecule has 0 unspecified atom stereocenters. The predicted octanol–water partition coefficient (Wildman–Crippen LogP) is 2.21. The van der Waals surface area contributed by atoms with Gasteiger partial charge in [-0.2, -0.15) is 0 Å². The largest absolute Gasteiger partial charge is 0.480 e. The van der Waals surface area contributed by atoms with Crippen LogP contribution in [-0.4, -0.2) is 40.0 Å². The van der Waals surface area contributed by atoms with Gasteiger partial charge in [0.25, 0.3) is 0 Å². The summed E-state index contributed by atoms with van der Waals surface area (Å²) in [5.74, 6) is -1.21. The molecule has 0 spiro atoms. The van der Waals surface area contributed by atoms with Gasteiger partial charge in [0.15, 0.2) is 0 Å². The predicted molar refractivity (Wildman–Crippen MR) is 85.0 cm³/mol. The minimum absolute atomic E-state index is 0.145. The summed E-state index contributed by atoms with van der Waals surface area (Å²) in [5, 5.41) is 11.6. The third-order valence-electron chi connectivity index (χ3n) is 3.19. The van der Waals surface area contributed by atoms with Crippen LogP contribution in [0.25, 0.3) is 0 Å². The molecular weight excluding hydrogens is 300 g/mol. The van der Waals surface area contributed by atoms with E-state index in [0.717, 1.165) is 11.4 Å². The highest BCUT2D eigenvalue weighted by atomic mass is 32.1. The number of aromatic nitrogens is 1. The molecule has 5 nitrogen and oxygen atoms in total. The molecule has 0 aliphatic heterocycles. The summed E-state index contributed by atoms with van der Waals surface area (Å²) in [5.41, 5.74) is 1.88. The molecule has 1 amide bonds. The Morgan fingerprint density at radius 2 is 2.00 bits per heavy atom. The average molecular weight is 318 g/mol. The summed E-state index contributed by atoms with van der Waals surface area (Å²) in [6, 6.07) is 10.0. The number of carbonyl (C=O) groups excluding carboxylic acids is 1. The van der Waals surface area contributed by atoms with E-state index in [1.54, 1.807) is 6.92 Å². The molecule has 2 rings (SSSR count). The van der Waals surface area contributed by atoms with Gasteiger partial charge >= 0.3 is 5.97 Å². The summed E-state index contributed by atoms with van der Waals surface area (Å²) < 4.78 is 0. The number of aliphatic carboxylic acids is 1. The number of hydrogen-bond donors (Lipinski definition) is 1. The van der Waals surface area contributed by atoms with Crippen molar-refractivity contribution in [1.29, 1.82) is 0 Å². The molecule has 0 atom stereocenters. The van der Waals surface area contributed by atoms with E-state index >= 15 is 0 Å². The fourth-order valence-electron chi connectivity index (χ4n) is 2.09. The first kappa shape index (κ1) is 16.2.